The third-order valence-corrected chi connectivity index (χ3v) is 3.57. The number of nitrogens with zero attached hydrogens (tertiary/aromatic N) is 3. The van der Waals surface area contributed by atoms with Crippen LogP contribution in [0.25, 0.3) is 10.9 Å². The van der Waals surface area contributed by atoms with E-state index in [0.29, 0.717) is 17.1 Å². The smallest absolute Gasteiger partial charge is 0.324 e. The van der Waals surface area contributed by atoms with Crippen molar-refractivity contribution in [2.24, 2.45) is 0 Å². The highest BCUT2D eigenvalue weighted by atomic mass is 16.2. The minimum atomic E-state index is -0.419. The van der Waals surface area contributed by atoms with Gasteiger partial charge >= 0.3 is 5.69 Å². The van der Waals surface area contributed by atoms with Gasteiger partial charge in [0.05, 0.1) is 11.2 Å². The number of fused-ring (bicyclic) bond motifs is 1. The topological polar surface area (TPSA) is 76.9 Å². The molecule has 0 aliphatic heterocycles. The van der Waals surface area contributed by atoms with Gasteiger partial charge in [-0.2, -0.15) is 4.98 Å². The van der Waals surface area contributed by atoms with Crippen molar-refractivity contribution in [1.29, 1.82) is 0 Å². The Kier molecular flexibility index (Phi) is 3.89. The summed E-state index contributed by atoms with van der Waals surface area (Å²) in [4.78, 5) is 32.3. The molecule has 3 rings (SSSR count). The molecule has 0 bridgehead atoms. The summed E-state index contributed by atoms with van der Waals surface area (Å²) in [5.41, 5.74) is 2.40. The fourth-order valence-electron chi connectivity index (χ4n) is 2.51. The highest BCUT2D eigenvalue weighted by molar-refractivity contribution is 6.00. The number of anilines is 1. The first-order valence-corrected chi connectivity index (χ1v) is 7.23. The van der Waals surface area contributed by atoms with Gasteiger partial charge in [-0.25, -0.2) is 4.79 Å². The molecule has 0 aliphatic rings. The molecule has 2 aromatic heterocycles. The molecule has 0 saturated carbocycles. The normalized spacial score (nSPS) is 10.7. The molecule has 6 heteroatoms. The average molecular weight is 308 g/mol. The first-order chi connectivity index (χ1) is 11.0. The monoisotopic (exact) mass is 308 g/mol. The Hall–Kier alpha value is -3.02. The van der Waals surface area contributed by atoms with Gasteiger partial charge in [-0.05, 0) is 44.2 Å². The second kappa shape index (κ2) is 6.00. The largest absolute Gasteiger partial charge is 0.348 e. The van der Waals surface area contributed by atoms with Gasteiger partial charge in [-0.1, -0.05) is 6.07 Å². The molecule has 0 spiro atoms. The summed E-state index contributed by atoms with van der Waals surface area (Å²) in [6, 6.07) is 11.0. The zero-order valence-electron chi connectivity index (χ0n) is 12.9. The summed E-state index contributed by atoms with van der Waals surface area (Å²) in [7, 11) is 0. The van der Waals surface area contributed by atoms with Gasteiger partial charge < -0.3 is 5.32 Å². The van der Waals surface area contributed by atoms with Gasteiger partial charge in [-0.3, -0.25) is 14.3 Å². The Morgan fingerprint density at radius 3 is 2.83 bits per heavy atom. The van der Waals surface area contributed by atoms with E-state index in [2.05, 4.69) is 15.3 Å². The number of carbonyl (C=O) groups excluding carboxylic acids is 1. The molecule has 0 radical (unpaired) electrons. The molecule has 1 amide bonds. The zero-order valence-corrected chi connectivity index (χ0v) is 12.9. The molecular weight excluding hydrogens is 292 g/mol. The number of nitrogens with one attached hydrogen (secondary N) is 1. The number of hydrogen-bond acceptors (Lipinski definition) is 4. The van der Waals surface area contributed by atoms with Gasteiger partial charge in [0.15, 0.2) is 0 Å². The molecule has 0 aliphatic carbocycles. The van der Waals surface area contributed by atoms with Crippen molar-refractivity contribution in [2.45, 2.75) is 20.4 Å². The maximum Gasteiger partial charge on any atom is 0.348 e. The van der Waals surface area contributed by atoms with E-state index in [1.165, 1.54) is 4.57 Å². The molecule has 0 atom stereocenters. The molecule has 1 N–H and O–H groups in total. The summed E-state index contributed by atoms with van der Waals surface area (Å²) >= 11 is 0. The fraction of sp³-hybridized carbons (Fsp3) is 0.176. The van der Waals surface area contributed by atoms with E-state index >= 15 is 0 Å². The zero-order chi connectivity index (χ0) is 16.4. The average Bonchev–Trinajstić information content (AvgIpc) is 2.51. The van der Waals surface area contributed by atoms with Crippen LogP contribution in [0.1, 0.15) is 11.4 Å². The van der Waals surface area contributed by atoms with E-state index in [4.69, 9.17) is 0 Å². The third-order valence-electron chi connectivity index (χ3n) is 3.57. The number of pyridine rings is 1. The predicted octanol–water partition coefficient (Wildman–Crippen LogP) is 2.05. The maximum atomic E-state index is 12.3. The van der Waals surface area contributed by atoms with E-state index in [1.54, 1.807) is 26.1 Å². The van der Waals surface area contributed by atoms with Gasteiger partial charge in [0.1, 0.15) is 6.54 Å². The van der Waals surface area contributed by atoms with Crippen LogP contribution in [-0.4, -0.2) is 20.4 Å². The van der Waals surface area contributed by atoms with Gasteiger partial charge in [0.25, 0.3) is 0 Å². The summed E-state index contributed by atoms with van der Waals surface area (Å²) in [6.45, 7) is 3.46. The van der Waals surface area contributed by atoms with E-state index in [0.717, 1.165) is 10.9 Å². The van der Waals surface area contributed by atoms with Crippen LogP contribution >= 0.6 is 0 Å². The first kappa shape index (κ1) is 14.9. The lowest BCUT2D eigenvalue weighted by molar-refractivity contribution is -0.116. The minimum absolute atomic E-state index is 0.0748. The van der Waals surface area contributed by atoms with E-state index < -0.39 is 5.69 Å². The molecular formula is C17H16N4O2. The van der Waals surface area contributed by atoms with Gasteiger partial charge in [0.2, 0.25) is 5.91 Å². The van der Waals surface area contributed by atoms with Crippen LogP contribution < -0.4 is 11.0 Å². The van der Waals surface area contributed by atoms with Crippen LogP contribution in [-0.2, 0) is 11.3 Å². The van der Waals surface area contributed by atoms with Crippen LogP contribution in [0.4, 0.5) is 5.69 Å². The maximum absolute atomic E-state index is 12.3. The molecule has 0 fully saturated rings. The Morgan fingerprint density at radius 2 is 2.04 bits per heavy atom. The molecule has 116 valence electrons. The lowest BCUT2D eigenvalue weighted by Gasteiger charge is -2.11. The second-order valence-electron chi connectivity index (χ2n) is 5.33. The highest BCUT2D eigenvalue weighted by Crippen LogP contribution is 2.21. The van der Waals surface area contributed by atoms with Crippen molar-refractivity contribution >= 4 is 22.5 Å². The summed E-state index contributed by atoms with van der Waals surface area (Å²) < 4.78 is 1.35. The Bertz CT molecular complexity index is 941. The number of aromatic nitrogens is 3. The number of amides is 1. The van der Waals surface area contributed by atoms with Crippen molar-refractivity contribution in [3.63, 3.8) is 0 Å². The van der Waals surface area contributed by atoms with Crippen LogP contribution in [0.15, 0.2) is 47.4 Å². The molecule has 0 unspecified atom stereocenters. The lowest BCUT2D eigenvalue weighted by Crippen LogP contribution is -2.31. The third kappa shape index (κ3) is 3.11. The Balaban J connectivity index is 1.86. The molecule has 3 aromatic rings. The number of rotatable bonds is 3. The van der Waals surface area contributed by atoms with Crippen molar-refractivity contribution in [1.82, 2.24) is 14.5 Å². The van der Waals surface area contributed by atoms with E-state index in [9.17, 15) is 9.59 Å². The fourth-order valence-corrected chi connectivity index (χ4v) is 2.51. The molecule has 2 heterocycles. The van der Waals surface area contributed by atoms with Gasteiger partial charge in [0, 0.05) is 23.0 Å². The molecule has 6 nitrogen and oxygen atoms in total. The molecule has 1 aromatic carbocycles. The minimum Gasteiger partial charge on any atom is -0.324 e. The van der Waals surface area contributed by atoms with E-state index in [-0.39, 0.29) is 12.5 Å². The summed E-state index contributed by atoms with van der Waals surface area (Å²) in [5.74, 6) is -0.280. The van der Waals surface area contributed by atoms with Crippen molar-refractivity contribution in [2.75, 3.05) is 5.32 Å². The highest BCUT2D eigenvalue weighted by Gasteiger charge is 2.10. The van der Waals surface area contributed by atoms with Crippen LogP contribution in [0, 0.1) is 13.8 Å². The Morgan fingerprint density at radius 1 is 1.22 bits per heavy atom. The van der Waals surface area contributed by atoms with Crippen molar-refractivity contribution in [3.8, 4) is 0 Å². The SMILES string of the molecule is Cc1cc(C)n(CC(=O)Nc2cccc3ncccc23)c(=O)n1. The van der Waals surface area contributed by atoms with Crippen molar-refractivity contribution < 1.29 is 4.79 Å². The van der Waals surface area contributed by atoms with Crippen molar-refractivity contribution in [3.05, 3.63) is 64.5 Å². The summed E-state index contributed by atoms with van der Waals surface area (Å²) in [6.07, 6.45) is 1.70. The lowest BCUT2D eigenvalue weighted by atomic mass is 10.2. The number of hydrogen-bond donors (Lipinski definition) is 1. The first-order valence-electron chi connectivity index (χ1n) is 7.23. The number of benzene rings is 1. The number of carbonyl (C=O) groups is 1. The Labute approximate surface area is 132 Å². The van der Waals surface area contributed by atoms with Gasteiger partial charge in [-0.15, -0.1) is 0 Å². The second-order valence-corrected chi connectivity index (χ2v) is 5.33. The van der Waals surface area contributed by atoms with Crippen LogP contribution in [0.3, 0.4) is 0 Å². The van der Waals surface area contributed by atoms with E-state index in [1.807, 2.05) is 30.3 Å². The summed E-state index contributed by atoms with van der Waals surface area (Å²) in [5, 5.41) is 3.69. The molecule has 23 heavy (non-hydrogen) atoms. The standard InChI is InChI=1S/C17H16N4O2/c1-11-9-12(2)21(17(23)19-11)10-16(22)20-15-7-3-6-14-13(15)5-4-8-18-14/h3-9H,10H2,1-2H3,(H,20,22). The molecule has 0 saturated heterocycles. The predicted molar refractivity (Wildman–Crippen MR) is 88.3 cm³/mol. The van der Waals surface area contributed by atoms with Crippen LogP contribution in [0.5, 0.6) is 0 Å². The number of aryl methyl sites for hydroxylation is 2. The quantitative estimate of drug-likeness (QED) is 0.803. The van der Waals surface area contributed by atoms with Crippen LogP contribution in [0.2, 0.25) is 0 Å².